The lowest BCUT2D eigenvalue weighted by molar-refractivity contribution is -0.0162. The van der Waals surface area contributed by atoms with Crippen LogP contribution in [0.15, 0.2) is 12.2 Å². The number of allylic oxidation sites excluding steroid dienone is 2. The van der Waals surface area contributed by atoms with E-state index in [4.69, 9.17) is 4.43 Å². The topological polar surface area (TPSA) is 9.23 Å². The van der Waals surface area contributed by atoms with E-state index in [9.17, 15) is 0 Å². The number of fused-ring (bicyclic) bond motifs is 1. The summed E-state index contributed by atoms with van der Waals surface area (Å²) in [5, 5.41) is 0.296. The second kappa shape index (κ2) is 8.44. The summed E-state index contributed by atoms with van der Waals surface area (Å²) in [6.45, 7) is 23.9. The maximum absolute atomic E-state index is 6.99. The van der Waals surface area contributed by atoms with Crippen molar-refractivity contribution < 1.29 is 4.43 Å². The lowest BCUT2D eigenvalue weighted by Gasteiger charge is -2.49. The van der Waals surface area contributed by atoms with Crippen LogP contribution in [0.2, 0.25) is 37.8 Å². The van der Waals surface area contributed by atoms with Gasteiger partial charge in [-0.3, -0.25) is 0 Å². The number of hydrogen-bond acceptors (Lipinski definition) is 1. The van der Waals surface area contributed by atoms with Crippen molar-refractivity contribution in [1.82, 2.24) is 0 Å². The van der Waals surface area contributed by atoms with E-state index in [1.807, 2.05) is 0 Å². The van der Waals surface area contributed by atoms with E-state index in [2.05, 4.69) is 91.0 Å². The lowest BCUT2D eigenvalue weighted by Crippen LogP contribution is -2.50. The highest BCUT2D eigenvalue weighted by Crippen LogP contribution is 2.59. The molecule has 5 unspecified atom stereocenters. The van der Waals surface area contributed by atoms with Gasteiger partial charge in [-0.25, -0.2) is 0 Å². The first-order chi connectivity index (χ1) is 12.7. The smallest absolute Gasteiger partial charge is 0.192 e. The van der Waals surface area contributed by atoms with Gasteiger partial charge in [0.1, 0.15) is 8.07 Å². The van der Waals surface area contributed by atoms with Crippen molar-refractivity contribution in [2.24, 2.45) is 23.2 Å². The Bertz CT molecular complexity index is 626. The molecule has 0 spiro atoms. The molecule has 2 fully saturated rings. The van der Waals surface area contributed by atoms with Crippen LogP contribution in [0.1, 0.15) is 66.7 Å². The summed E-state index contributed by atoms with van der Waals surface area (Å²) < 4.78 is 6.99. The standard InChI is InChI=1S/C25H46OSi2/c1-20(14-11-12-19-27(6,7)8)21-16-17-22-23(15-13-18-25(21,22)5)26-28(9,10)24(2,3)4/h11,14,20-23H,13,15-18H2,1-10H3. The Balaban J connectivity index is 2.12. The van der Waals surface area contributed by atoms with Crippen LogP contribution in [0.5, 0.6) is 0 Å². The maximum atomic E-state index is 6.99. The quantitative estimate of drug-likeness (QED) is 0.336. The minimum atomic E-state index is -1.71. The summed E-state index contributed by atoms with van der Waals surface area (Å²) >= 11 is 0. The van der Waals surface area contributed by atoms with Crippen LogP contribution in [0.3, 0.4) is 0 Å². The van der Waals surface area contributed by atoms with E-state index in [1.54, 1.807) is 0 Å². The highest BCUT2D eigenvalue weighted by molar-refractivity contribution is 6.83. The zero-order valence-electron chi connectivity index (χ0n) is 20.4. The first-order valence-electron chi connectivity index (χ1n) is 11.5. The Hall–Kier alpha value is -0.306. The van der Waals surface area contributed by atoms with Gasteiger partial charge in [0.2, 0.25) is 0 Å². The molecule has 0 aromatic carbocycles. The Morgan fingerprint density at radius 2 is 1.71 bits per heavy atom. The zero-order chi connectivity index (χ0) is 21.4. The van der Waals surface area contributed by atoms with Gasteiger partial charge in [-0.05, 0) is 73.1 Å². The Morgan fingerprint density at radius 1 is 1.07 bits per heavy atom. The largest absolute Gasteiger partial charge is 0.414 e. The molecule has 2 rings (SSSR count). The number of hydrogen-bond donors (Lipinski definition) is 0. The Labute approximate surface area is 178 Å². The average molecular weight is 419 g/mol. The molecule has 0 bridgehead atoms. The summed E-state index contributed by atoms with van der Waals surface area (Å²) in [6, 6.07) is 0. The molecule has 3 heteroatoms. The van der Waals surface area contributed by atoms with E-state index in [1.165, 1.54) is 32.1 Å². The molecule has 5 atom stereocenters. The Morgan fingerprint density at radius 3 is 2.29 bits per heavy atom. The van der Waals surface area contributed by atoms with Gasteiger partial charge in [-0.15, -0.1) is 5.54 Å². The van der Waals surface area contributed by atoms with Crippen LogP contribution < -0.4 is 0 Å². The van der Waals surface area contributed by atoms with Crippen LogP contribution in [0, 0.1) is 34.6 Å². The molecule has 2 aliphatic carbocycles. The maximum Gasteiger partial charge on any atom is 0.192 e. The van der Waals surface area contributed by atoms with Crippen molar-refractivity contribution in [2.45, 2.75) is 111 Å². The zero-order valence-corrected chi connectivity index (χ0v) is 22.4. The minimum Gasteiger partial charge on any atom is -0.414 e. The monoisotopic (exact) mass is 418 g/mol. The predicted molar refractivity (Wildman–Crippen MR) is 130 cm³/mol. The van der Waals surface area contributed by atoms with Gasteiger partial charge >= 0.3 is 0 Å². The average Bonchev–Trinajstić information content (AvgIpc) is 2.87. The van der Waals surface area contributed by atoms with Crippen LogP contribution in [0.25, 0.3) is 0 Å². The predicted octanol–water partition coefficient (Wildman–Crippen LogP) is 7.67. The van der Waals surface area contributed by atoms with Crippen molar-refractivity contribution in [1.29, 1.82) is 0 Å². The van der Waals surface area contributed by atoms with E-state index in [0.29, 0.717) is 22.5 Å². The summed E-state index contributed by atoms with van der Waals surface area (Å²) in [7, 11) is -2.98. The molecule has 0 amide bonds. The van der Waals surface area contributed by atoms with Gasteiger partial charge in [0.05, 0.1) is 0 Å². The van der Waals surface area contributed by atoms with E-state index < -0.39 is 16.4 Å². The molecule has 0 N–H and O–H groups in total. The van der Waals surface area contributed by atoms with E-state index in [0.717, 1.165) is 11.8 Å². The van der Waals surface area contributed by atoms with Crippen molar-refractivity contribution in [3.05, 3.63) is 12.2 Å². The second-order valence-electron chi connectivity index (χ2n) is 12.3. The normalized spacial score (nSPS) is 32.7. The molecule has 0 aromatic rings. The number of rotatable bonds is 4. The van der Waals surface area contributed by atoms with Crippen molar-refractivity contribution in [3.8, 4) is 11.5 Å². The molecule has 0 heterocycles. The van der Waals surface area contributed by atoms with Gasteiger partial charge < -0.3 is 4.43 Å². The molecule has 0 aromatic heterocycles. The van der Waals surface area contributed by atoms with E-state index in [-0.39, 0.29) is 0 Å². The van der Waals surface area contributed by atoms with Crippen molar-refractivity contribution in [2.75, 3.05) is 0 Å². The van der Waals surface area contributed by atoms with Gasteiger partial charge in [-0.1, -0.05) is 72.7 Å². The molecule has 0 saturated heterocycles. The summed E-state index contributed by atoms with van der Waals surface area (Å²) in [5.74, 6) is 5.45. The molecule has 1 nitrogen and oxygen atoms in total. The first-order valence-corrected chi connectivity index (χ1v) is 18.0. The van der Waals surface area contributed by atoms with Crippen LogP contribution in [-0.2, 0) is 4.43 Å². The molecule has 28 heavy (non-hydrogen) atoms. The molecule has 2 aliphatic rings. The Kier molecular flexibility index (Phi) is 7.22. The minimum absolute atomic E-state index is 0.296. The fraction of sp³-hybridized carbons (Fsp3) is 0.840. The fourth-order valence-corrected chi connectivity index (χ4v) is 7.22. The van der Waals surface area contributed by atoms with Crippen molar-refractivity contribution >= 4 is 16.4 Å². The highest BCUT2D eigenvalue weighted by Gasteiger charge is 2.54. The molecule has 0 aliphatic heterocycles. The van der Waals surface area contributed by atoms with Crippen LogP contribution in [-0.4, -0.2) is 22.5 Å². The molecular formula is C25H46OSi2. The fourth-order valence-electron chi connectivity index (χ4n) is 5.31. The third-order valence-corrected chi connectivity index (χ3v) is 13.4. The first kappa shape index (κ1) is 24.0. The van der Waals surface area contributed by atoms with Crippen molar-refractivity contribution in [3.63, 3.8) is 0 Å². The third kappa shape index (κ3) is 5.43. The summed E-state index contributed by atoms with van der Waals surface area (Å²) in [6.07, 6.45) is 11.7. The van der Waals surface area contributed by atoms with Gasteiger partial charge in [-0.2, -0.15) is 0 Å². The van der Waals surface area contributed by atoms with Gasteiger partial charge in [0, 0.05) is 6.10 Å². The lowest BCUT2D eigenvalue weighted by atomic mass is 9.62. The second-order valence-corrected chi connectivity index (χ2v) is 21.8. The summed E-state index contributed by atoms with van der Waals surface area (Å²) in [5.41, 5.74) is 3.90. The molecule has 0 radical (unpaired) electrons. The van der Waals surface area contributed by atoms with Gasteiger partial charge in [0.25, 0.3) is 0 Å². The third-order valence-electron chi connectivity index (χ3n) is 7.95. The summed E-state index contributed by atoms with van der Waals surface area (Å²) in [4.78, 5) is 0. The molecule has 2 saturated carbocycles. The van der Waals surface area contributed by atoms with E-state index >= 15 is 0 Å². The SMILES string of the molecule is CC(C=CC#C[Si](C)(C)C)C1CCC2C(O[Si](C)(C)C(C)(C)C)CCCC12C. The van der Waals surface area contributed by atoms with Crippen LogP contribution >= 0.6 is 0 Å². The van der Waals surface area contributed by atoms with Crippen LogP contribution in [0.4, 0.5) is 0 Å². The van der Waals surface area contributed by atoms with Gasteiger partial charge in [0.15, 0.2) is 8.32 Å². The molecule has 160 valence electrons. The molecular weight excluding hydrogens is 372 g/mol. The highest BCUT2D eigenvalue weighted by atomic mass is 28.4.